The maximum absolute atomic E-state index is 12.7. The van der Waals surface area contributed by atoms with Gasteiger partial charge in [-0.1, -0.05) is 0 Å². The number of benzene rings is 1. The summed E-state index contributed by atoms with van der Waals surface area (Å²) in [5.41, 5.74) is 0. The van der Waals surface area contributed by atoms with Crippen molar-refractivity contribution in [1.29, 1.82) is 0 Å². The number of hydrogen-bond acceptors (Lipinski definition) is 4. The number of amides is 1. The predicted molar refractivity (Wildman–Crippen MR) is 72.5 cm³/mol. The van der Waals surface area contributed by atoms with Crippen LogP contribution < -0.4 is 10.6 Å². The van der Waals surface area contributed by atoms with Gasteiger partial charge in [0.25, 0.3) is 0 Å². The lowest BCUT2D eigenvalue weighted by atomic mass is 10.1. The predicted octanol–water partition coefficient (Wildman–Crippen LogP) is 0.614. The monoisotopic (exact) mass is 284 g/mol. The third kappa shape index (κ3) is 4.49. The standard InChI is InChI=1S/C13H17FN2O2S/c14-10-1-3-11(4-2-10)19-8-13(18)16-6-9-5-15-7-12(9)17/h1-4,9,12,15,17H,5-8H2,(H,16,18). The van der Waals surface area contributed by atoms with Crippen molar-refractivity contribution in [2.75, 3.05) is 25.4 Å². The lowest BCUT2D eigenvalue weighted by molar-refractivity contribution is -0.118. The molecule has 1 heterocycles. The van der Waals surface area contributed by atoms with Crippen LogP contribution in [0.1, 0.15) is 0 Å². The highest BCUT2D eigenvalue weighted by Crippen LogP contribution is 2.17. The van der Waals surface area contributed by atoms with Crippen LogP contribution in [0.3, 0.4) is 0 Å². The van der Waals surface area contributed by atoms with E-state index in [4.69, 9.17) is 0 Å². The van der Waals surface area contributed by atoms with E-state index in [1.54, 1.807) is 12.1 Å². The Hall–Kier alpha value is -1.11. The van der Waals surface area contributed by atoms with E-state index < -0.39 is 0 Å². The molecule has 0 aliphatic carbocycles. The van der Waals surface area contributed by atoms with Gasteiger partial charge in [0.05, 0.1) is 11.9 Å². The Bertz CT molecular complexity index is 427. The van der Waals surface area contributed by atoms with E-state index in [1.165, 1.54) is 23.9 Å². The number of aliphatic hydroxyl groups excluding tert-OH is 1. The van der Waals surface area contributed by atoms with Crippen LogP contribution in [-0.4, -0.2) is 42.5 Å². The van der Waals surface area contributed by atoms with Gasteiger partial charge in [-0.2, -0.15) is 0 Å². The second-order valence-corrected chi connectivity index (χ2v) is 5.58. The van der Waals surface area contributed by atoms with Crippen LogP contribution in [0.5, 0.6) is 0 Å². The lowest BCUT2D eigenvalue weighted by Crippen LogP contribution is -2.35. The Morgan fingerprint density at radius 3 is 2.79 bits per heavy atom. The third-order valence-corrected chi connectivity index (χ3v) is 4.06. The molecule has 4 nitrogen and oxygen atoms in total. The van der Waals surface area contributed by atoms with Crippen molar-refractivity contribution in [3.63, 3.8) is 0 Å². The molecule has 0 bridgehead atoms. The number of carbonyl (C=O) groups excluding carboxylic acids is 1. The van der Waals surface area contributed by atoms with Gasteiger partial charge in [-0.25, -0.2) is 4.39 Å². The largest absolute Gasteiger partial charge is 0.391 e. The van der Waals surface area contributed by atoms with E-state index in [-0.39, 0.29) is 23.7 Å². The van der Waals surface area contributed by atoms with Crippen molar-refractivity contribution in [2.24, 2.45) is 5.92 Å². The Labute approximate surface area is 115 Å². The second kappa shape index (κ2) is 6.88. The van der Waals surface area contributed by atoms with Crippen molar-refractivity contribution in [2.45, 2.75) is 11.0 Å². The van der Waals surface area contributed by atoms with E-state index in [9.17, 15) is 14.3 Å². The number of nitrogens with one attached hydrogen (secondary N) is 2. The quantitative estimate of drug-likeness (QED) is 0.694. The van der Waals surface area contributed by atoms with E-state index in [0.29, 0.717) is 18.8 Å². The summed E-state index contributed by atoms with van der Waals surface area (Å²) in [6, 6.07) is 6.05. The summed E-state index contributed by atoms with van der Waals surface area (Å²) in [6.45, 7) is 1.80. The van der Waals surface area contributed by atoms with Gasteiger partial charge in [0.1, 0.15) is 5.82 Å². The average molecular weight is 284 g/mol. The molecule has 0 saturated carbocycles. The van der Waals surface area contributed by atoms with Gasteiger partial charge in [-0.3, -0.25) is 4.79 Å². The Morgan fingerprint density at radius 1 is 1.42 bits per heavy atom. The number of aliphatic hydroxyl groups is 1. The highest BCUT2D eigenvalue weighted by Gasteiger charge is 2.24. The summed E-state index contributed by atoms with van der Waals surface area (Å²) in [5.74, 6) is 0.0201. The second-order valence-electron chi connectivity index (χ2n) is 4.53. The van der Waals surface area contributed by atoms with E-state index in [0.717, 1.165) is 11.4 Å². The first-order chi connectivity index (χ1) is 9.15. The van der Waals surface area contributed by atoms with Crippen LogP contribution >= 0.6 is 11.8 Å². The highest BCUT2D eigenvalue weighted by atomic mass is 32.2. The Kier molecular flexibility index (Phi) is 5.18. The highest BCUT2D eigenvalue weighted by molar-refractivity contribution is 8.00. The minimum Gasteiger partial charge on any atom is -0.391 e. The molecule has 3 N–H and O–H groups in total. The fourth-order valence-corrected chi connectivity index (χ4v) is 2.63. The first-order valence-corrected chi connectivity index (χ1v) is 7.17. The van der Waals surface area contributed by atoms with E-state index >= 15 is 0 Å². The topological polar surface area (TPSA) is 61.4 Å². The van der Waals surface area contributed by atoms with Crippen molar-refractivity contribution in [3.05, 3.63) is 30.1 Å². The van der Waals surface area contributed by atoms with Crippen LogP contribution in [0.15, 0.2) is 29.2 Å². The fourth-order valence-electron chi connectivity index (χ4n) is 1.90. The molecule has 1 saturated heterocycles. The minimum absolute atomic E-state index is 0.0755. The summed E-state index contributed by atoms with van der Waals surface area (Å²) in [5, 5.41) is 15.5. The molecular weight excluding hydrogens is 267 g/mol. The average Bonchev–Trinajstić information content (AvgIpc) is 2.81. The zero-order chi connectivity index (χ0) is 13.7. The molecule has 0 aromatic heterocycles. The number of halogens is 1. The Balaban J connectivity index is 1.68. The molecule has 1 aromatic carbocycles. The summed E-state index contributed by atoms with van der Waals surface area (Å²) in [6.07, 6.45) is -0.384. The molecule has 1 aromatic rings. The molecule has 1 amide bonds. The van der Waals surface area contributed by atoms with Gasteiger partial charge in [0, 0.05) is 30.4 Å². The minimum atomic E-state index is -0.384. The van der Waals surface area contributed by atoms with Crippen LogP contribution in [0.2, 0.25) is 0 Å². The summed E-state index contributed by atoms with van der Waals surface area (Å²) in [7, 11) is 0. The molecule has 104 valence electrons. The van der Waals surface area contributed by atoms with Gasteiger partial charge in [-0.15, -0.1) is 11.8 Å². The zero-order valence-electron chi connectivity index (χ0n) is 10.4. The fraction of sp³-hybridized carbons (Fsp3) is 0.462. The molecule has 6 heteroatoms. The number of carbonyl (C=O) groups is 1. The van der Waals surface area contributed by atoms with Crippen molar-refractivity contribution >= 4 is 17.7 Å². The van der Waals surface area contributed by atoms with Crippen LogP contribution in [0.25, 0.3) is 0 Å². The van der Waals surface area contributed by atoms with Crippen molar-refractivity contribution in [3.8, 4) is 0 Å². The maximum atomic E-state index is 12.7. The molecule has 0 spiro atoms. The molecule has 2 atom stereocenters. The number of β-amino-alcohol motifs (C(OH)–C–C–N with tert-alkyl or cyclic N) is 1. The Morgan fingerprint density at radius 2 is 2.16 bits per heavy atom. The van der Waals surface area contributed by atoms with Crippen LogP contribution in [0.4, 0.5) is 4.39 Å². The van der Waals surface area contributed by atoms with E-state index in [1.807, 2.05) is 0 Å². The third-order valence-electron chi connectivity index (χ3n) is 3.05. The van der Waals surface area contributed by atoms with Crippen molar-refractivity contribution in [1.82, 2.24) is 10.6 Å². The molecule has 19 heavy (non-hydrogen) atoms. The van der Waals surface area contributed by atoms with Gasteiger partial charge < -0.3 is 15.7 Å². The molecule has 2 rings (SSSR count). The maximum Gasteiger partial charge on any atom is 0.230 e. The summed E-state index contributed by atoms with van der Waals surface area (Å²) in [4.78, 5) is 12.5. The van der Waals surface area contributed by atoms with Gasteiger partial charge in [0.2, 0.25) is 5.91 Å². The van der Waals surface area contributed by atoms with Gasteiger partial charge in [0.15, 0.2) is 0 Å². The molecule has 0 radical (unpaired) electrons. The lowest BCUT2D eigenvalue weighted by Gasteiger charge is -2.13. The van der Waals surface area contributed by atoms with Crippen LogP contribution in [-0.2, 0) is 4.79 Å². The van der Waals surface area contributed by atoms with Gasteiger partial charge in [-0.05, 0) is 24.3 Å². The number of thioether (sulfide) groups is 1. The smallest absolute Gasteiger partial charge is 0.230 e. The molecule has 2 unspecified atom stereocenters. The summed E-state index contributed by atoms with van der Waals surface area (Å²) < 4.78 is 12.7. The molecule has 1 fully saturated rings. The van der Waals surface area contributed by atoms with Crippen LogP contribution in [0, 0.1) is 11.7 Å². The first-order valence-electron chi connectivity index (χ1n) is 6.19. The molecule has 1 aliphatic heterocycles. The van der Waals surface area contributed by atoms with E-state index in [2.05, 4.69) is 10.6 Å². The van der Waals surface area contributed by atoms with Crippen molar-refractivity contribution < 1.29 is 14.3 Å². The summed E-state index contributed by atoms with van der Waals surface area (Å²) >= 11 is 1.36. The molecular formula is C13H17FN2O2S. The zero-order valence-corrected chi connectivity index (χ0v) is 11.3. The number of hydrogen-bond donors (Lipinski definition) is 3. The first kappa shape index (κ1) is 14.3. The normalized spacial score (nSPS) is 22.4. The molecule has 1 aliphatic rings. The van der Waals surface area contributed by atoms with Gasteiger partial charge >= 0.3 is 0 Å². The SMILES string of the molecule is O=C(CSc1ccc(F)cc1)NCC1CNCC1O. The number of rotatable bonds is 5.